The number of nitrogen functional groups attached to an aromatic ring is 1. The van der Waals surface area contributed by atoms with E-state index in [1.807, 2.05) is 39.8 Å². The van der Waals surface area contributed by atoms with Gasteiger partial charge in [0.2, 0.25) is 5.90 Å². The molecule has 15 heavy (non-hydrogen) atoms. The van der Waals surface area contributed by atoms with E-state index in [1.54, 1.807) is 0 Å². The van der Waals surface area contributed by atoms with Crippen molar-refractivity contribution < 1.29 is 4.74 Å². The quantitative estimate of drug-likeness (QED) is 0.444. The summed E-state index contributed by atoms with van der Waals surface area (Å²) in [5, 5.41) is 7.81. The lowest BCUT2D eigenvalue weighted by atomic mass is 10.0. The Labute approximate surface area is 90.8 Å². The van der Waals surface area contributed by atoms with Gasteiger partial charge in [0.15, 0.2) is 0 Å². The van der Waals surface area contributed by atoms with Gasteiger partial charge in [0.25, 0.3) is 0 Å². The topological polar surface area (TPSA) is 59.1 Å². The van der Waals surface area contributed by atoms with Crippen molar-refractivity contribution >= 4 is 11.6 Å². The first-order chi connectivity index (χ1) is 6.91. The Hall–Kier alpha value is -1.51. The molecule has 0 aliphatic carbocycles. The van der Waals surface area contributed by atoms with Gasteiger partial charge in [-0.25, -0.2) is 0 Å². The van der Waals surface area contributed by atoms with Crippen LogP contribution < -0.4 is 5.73 Å². The third kappa shape index (κ3) is 2.72. The molecule has 0 fully saturated rings. The highest BCUT2D eigenvalue weighted by Crippen LogP contribution is 2.18. The predicted octanol–water partition coefficient (Wildman–Crippen LogP) is 2.64. The van der Waals surface area contributed by atoms with Crippen LogP contribution >= 0.6 is 0 Å². The summed E-state index contributed by atoms with van der Waals surface area (Å²) in [4.78, 5) is 0. The normalized spacial score (nSPS) is 10.5. The van der Waals surface area contributed by atoms with Crippen molar-refractivity contribution in [2.75, 3.05) is 5.73 Å². The van der Waals surface area contributed by atoms with E-state index in [9.17, 15) is 0 Å². The van der Waals surface area contributed by atoms with E-state index in [0.29, 0.717) is 0 Å². The van der Waals surface area contributed by atoms with E-state index in [4.69, 9.17) is 15.9 Å². The molecule has 0 heterocycles. The Morgan fingerprint density at radius 3 is 2.40 bits per heavy atom. The summed E-state index contributed by atoms with van der Waals surface area (Å²) in [6, 6.07) is 3.78. The molecule has 0 aliphatic rings. The van der Waals surface area contributed by atoms with Crippen molar-refractivity contribution in [1.82, 2.24) is 0 Å². The molecular formula is C12H18N2O. The molecule has 0 unspecified atom stereocenters. The van der Waals surface area contributed by atoms with Gasteiger partial charge in [0.05, 0.1) is 6.10 Å². The maximum atomic E-state index is 7.81. The zero-order valence-corrected chi connectivity index (χ0v) is 9.72. The zero-order chi connectivity index (χ0) is 11.6. The van der Waals surface area contributed by atoms with Crippen LogP contribution in [0.4, 0.5) is 5.69 Å². The van der Waals surface area contributed by atoms with Gasteiger partial charge < -0.3 is 10.5 Å². The highest BCUT2D eigenvalue weighted by molar-refractivity contribution is 5.94. The van der Waals surface area contributed by atoms with Gasteiger partial charge in [-0.15, -0.1) is 0 Å². The van der Waals surface area contributed by atoms with E-state index in [-0.39, 0.29) is 12.0 Å². The van der Waals surface area contributed by atoms with Crippen molar-refractivity contribution in [3.05, 3.63) is 28.8 Å². The second kappa shape index (κ2) is 4.34. The van der Waals surface area contributed by atoms with E-state index >= 15 is 0 Å². The maximum Gasteiger partial charge on any atom is 0.213 e. The number of nitrogens with one attached hydrogen (secondary N) is 1. The van der Waals surface area contributed by atoms with Gasteiger partial charge in [0, 0.05) is 11.3 Å². The molecule has 3 nitrogen and oxygen atoms in total. The van der Waals surface area contributed by atoms with Crippen LogP contribution in [0.25, 0.3) is 0 Å². The molecular weight excluding hydrogens is 188 g/mol. The molecule has 1 rings (SSSR count). The fourth-order valence-electron chi connectivity index (χ4n) is 1.38. The number of benzene rings is 1. The van der Waals surface area contributed by atoms with Crippen LogP contribution in [0.3, 0.4) is 0 Å². The molecule has 3 heteroatoms. The molecule has 0 radical (unpaired) electrons. The Balaban J connectivity index is 3.04. The van der Waals surface area contributed by atoms with Crippen LogP contribution in [0.1, 0.15) is 30.5 Å². The standard InChI is InChI=1S/C12H18N2O/c1-7(2)15-12(14)10-5-9(4)11(13)6-8(10)3/h5-7,14H,13H2,1-4H3. The molecule has 0 aromatic heterocycles. The summed E-state index contributed by atoms with van der Waals surface area (Å²) in [6.45, 7) is 7.69. The maximum absolute atomic E-state index is 7.81. The molecule has 0 spiro atoms. The number of hydrogen-bond donors (Lipinski definition) is 2. The first kappa shape index (κ1) is 11.6. The minimum Gasteiger partial charge on any atom is -0.475 e. The monoisotopic (exact) mass is 206 g/mol. The molecule has 1 aromatic rings. The molecule has 0 amide bonds. The molecule has 0 saturated heterocycles. The minimum atomic E-state index is 0.0229. The van der Waals surface area contributed by atoms with Gasteiger partial charge in [-0.1, -0.05) is 0 Å². The molecule has 82 valence electrons. The summed E-state index contributed by atoms with van der Waals surface area (Å²) in [7, 11) is 0. The highest BCUT2D eigenvalue weighted by Gasteiger charge is 2.09. The Kier molecular flexibility index (Phi) is 3.35. The highest BCUT2D eigenvalue weighted by atomic mass is 16.5. The third-order valence-electron chi connectivity index (χ3n) is 2.21. The number of rotatable bonds is 2. The smallest absolute Gasteiger partial charge is 0.213 e. The Bertz CT molecular complexity index is 383. The van der Waals surface area contributed by atoms with E-state index in [1.165, 1.54) is 0 Å². The molecule has 0 saturated carbocycles. The van der Waals surface area contributed by atoms with Crippen molar-refractivity contribution in [3.63, 3.8) is 0 Å². The first-order valence-corrected chi connectivity index (χ1v) is 5.04. The van der Waals surface area contributed by atoms with Gasteiger partial charge in [-0.05, 0) is 51.0 Å². The summed E-state index contributed by atoms with van der Waals surface area (Å²) in [5.74, 6) is 0.214. The van der Waals surface area contributed by atoms with Gasteiger partial charge in [-0.3, -0.25) is 5.41 Å². The fraction of sp³-hybridized carbons (Fsp3) is 0.417. The van der Waals surface area contributed by atoms with Gasteiger partial charge in [-0.2, -0.15) is 0 Å². The fourth-order valence-corrected chi connectivity index (χ4v) is 1.38. The third-order valence-corrected chi connectivity index (χ3v) is 2.21. The SMILES string of the molecule is Cc1cc(C(=N)OC(C)C)c(C)cc1N. The molecule has 0 aliphatic heterocycles. The number of aryl methyl sites for hydroxylation is 2. The van der Waals surface area contributed by atoms with Gasteiger partial charge in [0.1, 0.15) is 0 Å². The lowest BCUT2D eigenvalue weighted by molar-refractivity contribution is 0.227. The number of hydrogen-bond acceptors (Lipinski definition) is 3. The second-order valence-corrected chi connectivity index (χ2v) is 4.02. The summed E-state index contributed by atoms with van der Waals surface area (Å²) >= 11 is 0. The summed E-state index contributed by atoms with van der Waals surface area (Å²) < 4.78 is 5.35. The van der Waals surface area contributed by atoms with Crippen LogP contribution in [0.5, 0.6) is 0 Å². The summed E-state index contributed by atoms with van der Waals surface area (Å²) in [5.41, 5.74) is 9.31. The number of nitrogens with two attached hydrogens (primary N) is 1. The summed E-state index contributed by atoms with van der Waals surface area (Å²) in [6.07, 6.45) is 0.0229. The van der Waals surface area contributed by atoms with Crippen LogP contribution in [0, 0.1) is 19.3 Å². The number of anilines is 1. The second-order valence-electron chi connectivity index (χ2n) is 4.02. The molecule has 0 bridgehead atoms. The van der Waals surface area contributed by atoms with E-state index in [0.717, 1.165) is 22.4 Å². The first-order valence-electron chi connectivity index (χ1n) is 5.04. The Morgan fingerprint density at radius 2 is 1.87 bits per heavy atom. The average Bonchev–Trinajstić information content (AvgIpc) is 2.09. The Morgan fingerprint density at radius 1 is 1.27 bits per heavy atom. The lowest BCUT2D eigenvalue weighted by Crippen LogP contribution is -2.13. The molecule has 3 N–H and O–H groups in total. The largest absolute Gasteiger partial charge is 0.475 e. The van der Waals surface area contributed by atoms with Gasteiger partial charge >= 0.3 is 0 Å². The van der Waals surface area contributed by atoms with Crippen molar-refractivity contribution in [2.24, 2.45) is 0 Å². The van der Waals surface area contributed by atoms with Crippen LogP contribution in [0.2, 0.25) is 0 Å². The van der Waals surface area contributed by atoms with Crippen molar-refractivity contribution in [2.45, 2.75) is 33.8 Å². The van der Waals surface area contributed by atoms with E-state index < -0.39 is 0 Å². The predicted molar refractivity (Wildman–Crippen MR) is 63.4 cm³/mol. The average molecular weight is 206 g/mol. The molecule has 0 atom stereocenters. The lowest BCUT2D eigenvalue weighted by Gasteiger charge is -2.14. The van der Waals surface area contributed by atoms with Crippen molar-refractivity contribution in [3.8, 4) is 0 Å². The molecule has 1 aromatic carbocycles. The zero-order valence-electron chi connectivity index (χ0n) is 9.72. The number of ether oxygens (including phenoxy) is 1. The van der Waals surface area contributed by atoms with Crippen LogP contribution in [-0.2, 0) is 4.74 Å². The van der Waals surface area contributed by atoms with Crippen LogP contribution in [0.15, 0.2) is 12.1 Å². The van der Waals surface area contributed by atoms with E-state index in [2.05, 4.69) is 0 Å². The minimum absolute atomic E-state index is 0.0229. The van der Waals surface area contributed by atoms with Crippen molar-refractivity contribution in [1.29, 1.82) is 5.41 Å². The van der Waals surface area contributed by atoms with Crippen LogP contribution in [-0.4, -0.2) is 12.0 Å².